The maximum atomic E-state index is 5.56. The Labute approximate surface area is 84.8 Å². The fourth-order valence-corrected chi connectivity index (χ4v) is 1.83. The van der Waals surface area contributed by atoms with E-state index in [1.54, 1.807) is 7.11 Å². The molecule has 0 unspecified atom stereocenters. The molecular formula is C12H16O2. The van der Waals surface area contributed by atoms with Crippen LogP contribution in [0.5, 0.6) is 5.75 Å². The predicted molar refractivity (Wildman–Crippen MR) is 55.5 cm³/mol. The van der Waals surface area contributed by atoms with Gasteiger partial charge in [-0.05, 0) is 17.7 Å². The number of methoxy groups -OCH3 is 1. The zero-order valence-electron chi connectivity index (χ0n) is 8.91. The summed E-state index contributed by atoms with van der Waals surface area (Å²) >= 11 is 0. The Morgan fingerprint density at radius 2 is 1.93 bits per heavy atom. The molecule has 1 aliphatic heterocycles. The number of hydrogen-bond acceptors (Lipinski definition) is 2. The second-order valence-electron chi connectivity index (χ2n) is 4.45. The summed E-state index contributed by atoms with van der Waals surface area (Å²) in [5.74, 6) is 0.894. The maximum absolute atomic E-state index is 5.56. The molecule has 2 nitrogen and oxygen atoms in total. The Bertz CT molecular complexity index is 314. The van der Waals surface area contributed by atoms with Gasteiger partial charge in [-0.3, -0.25) is 0 Å². The number of benzene rings is 1. The highest BCUT2D eigenvalue weighted by Gasteiger charge is 2.40. The van der Waals surface area contributed by atoms with E-state index in [9.17, 15) is 0 Å². The maximum Gasteiger partial charge on any atom is 0.118 e. The summed E-state index contributed by atoms with van der Waals surface area (Å²) < 4.78 is 10.7. The van der Waals surface area contributed by atoms with Crippen LogP contribution in [0.4, 0.5) is 0 Å². The minimum Gasteiger partial charge on any atom is -0.497 e. The molecule has 0 spiro atoms. The van der Waals surface area contributed by atoms with E-state index in [-0.39, 0.29) is 11.5 Å². The molecule has 0 aromatic heterocycles. The van der Waals surface area contributed by atoms with Gasteiger partial charge in [0.05, 0.1) is 19.8 Å². The standard InChI is InChI=1S/C12H16O2/c1-12(2)8-14-11(12)9-4-6-10(13-3)7-5-9/h4-7,11H,8H2,1-3H3/t11-/m0/s1. The topological polar surface area (TPSA) is 18.5 Å². The monoisotopic (exact) mass is 192 g/mol. The minimum absolute atomic E-state index is 0.244. The van der Waals surface area contributed by atoms with Crippen LogP contribution in [0.15, 0.2) is 24.3 Å². The zero-order chi connectivity index (χ0) is 10.2. The second kappa shape index (κ2) is 3.28. The molecular weight excluding hydrogens is 176 g/mol. The van der Waals surface area contributed by atoms with Crippen LogP contribution in [-0.2, 0) is 4.74 Å². The predicted octanol–water partition coefficient (Wildman–Crippen LogP) is 2.79. The first-order valence-electron chi connectivity index (χ1n) is 4.89. The normalized spacial score (nSPS) is 24.1. The number of ether oxygens (including phenoxy) is 2. The van der Waals surface area contributed by atoms with Crippen molar-refractivity contribution < 1.29 is 9.47 Å². The van der Waals surface area contributed by atoms with Crippen LogP contribution in [0.2, 0.25) is 0 Å². The van der Waals surface area contributed by atoms with Crippen LogP contribution < -0.4 is 4.74 Å². The first kappa shape index (κ1) is 9.53. The second-order valence-corrected chi connectivity index (χ2v) is 4.45. The van der Waals surface area contributed by atoms with Crippen molar-refractivity contribution in [2.75, 3.05) is 13.7 Å². The van der Waals surface area contributed by atoms with Crippen LogP contribution in [-0.4, -0.2) is 13.7 Å². The lowest BCUT2D eigenvalue weighted by molar-refractivity contribution is -0.172. The molecule has 2 rings (SSSR count). The lowest BCUT2D eigenvalue weighted by Gasteiger charge is -2.44. The van der Waals surface area contributed by atoms with Crippen LogP contribution in [0, 0.1) is 5.41 Å². The molecule has 0 N–H and O–H groups in total. The Morgan fingerprint density at radius 3 is 2.29 bits per heavy atom. The van der Waals surface area contributed by atoms with Crippen molar-refractivity contribution in [3.63, 3.8) is 0 Å². The van der Waals surface area contributed by atoms with E-state index in [1.165, 1.54) is 5.56 Å². The highest BCUT2D eigenvalue weighted by molar-refractivity contribution is 5.30. The van der Waals surface area contributed by atoms with Gasteiger partial charge < -0.3 is 9.47 Å². The first-order chi connectivity index (χ1) is 6.63. The van der Waals surface area contributed by atoms with Crippen molar-refractivity contribution in [3.8, 4) is 5.75 Å². The molecule has 0 radical (unpaired) electrons. The van der Waals surface area contributed by atoms with E-state index in [1.807, 2.05) is 12.1 Å². The minimum atomic E-state index is 0.244. The SMILES string of the molecule is COc1ccc([C@@H]2OCC2(C)C)cc1. The summed E-state index contributed by atoms with van der Waals surface area (Å²) in [5.41, 5.74) is 1.51. The van der Waals surface area contributed by atoms with Gasteiger partial charge in [-0.2, -0.15) is 0 Å². The average molecular weight is 192 g/mol. The summed E-state index contributed by atoms with van der Waals surface area (Å²) in [5, 5.41) is 0. The molecule has 1 atom stereocenters. The summed E-state index contributed by atoms with van der Waals surface area (Å²) in [7, 11) is 1.68. The van der Waals surface area contributed by atoms with Crippen molar-refractivity contribution in [3.05, 3.63) is 29.8 Å². The van der Waals surface area contributed by atoms with Gasteiger partial charge in [0.1, 0.15) is 5.75 Å². The van der Waals surface area contributed by atoms with Crippen LogP contribution in [0.25, 0.3) is 0 Å². The molecule has 76 valence electrons. The number of hydrogen-bond donors (Lipinski definition) is 0. The number of rotatable bonds is 2. The molecule has 0 aliphatic carbocycles. The average Bonchev–Trinajstić information content (AvgIpc) is 2.18. The molecule has 1 aliphatic rings. The summed E-state index contributed by atoms with van der Waals surface area (Å²) in [4.78, 5) is 0. The largest absolute Gasteiger partial charge is 0.497 e. The van der Waals surface area contributed by atoms with Crippen molar-refractivity contribution in [2.45, 2.75) is 20.0 Å². The lowest BCUT2D eigenvalue weighted by Crippen LogP contribution is -2.40. The Morgan fingerprint density at radius 1 is 1.29 bits per heavy atom. The smallest absolute Gasteiger partial charge is 0.118 e. The lowest BCUT2D eigenvalue weighted by atomic mass is 9.79. The Balaban J connectivity index is 2.17. The van der Waals surface area contributed by atoms with Gasteiger partial charge in [0.2, 0.25) is 0 Å². The van der Waals surface area contributed by atoms with E-state index in [0.717, 1.165) is 12.4 Å². The van der Waals surface area contributed by atoms with Gasteiger partial charge in [0.25, 0.3) is 0 Å². The van der Waals surface area contributed by atoms with Crippen LogP contribution in [0.3, 0.4) is 0 Å². The van der Waals surface area contributed by atoms with Crippen LogP contribution in [0.1, 0.15) is 25.5 Å². The highest BCUT2D eigenvalue weighted by Crippen LogP contribution is 2.45. The fourth-order valence-electron chi connectivity index (χ4n) is 1.83. The van der Waals surface area contributed by atoms with E-state index in [0.29, 0.717) is 0 Å². The van der Waals surface area contributed by atoms with Gasteiger partial charge in [-0.1, -0.05) is 26.0 Å². The molecule has 0 bridgehead atoms. The molecule has 1 aromatic rings. The molecule has 1 heterocycles. The highest BCUT2D eigenvalue weighted by atomic mass is 16.5. The van der Waals surface area contributed by atoms with Gasteiger partial charge in [0, 0.05) is 5.41 Å². The Kier molecular flexibility index (Phi) is 2.23. The molecule has 0 saturated carbocycles. The fraction of sp³-hybridized carbons (Fsp3) is 0.500. The van der Waals surface area contributed by atoms with Crippen molar-refractivity contribution >= 4 is 0 Å². The molecule has 0 amide bonds. The quantitative estimate of drug-likeness (QED) is 0.717. The third-order valence-electron chi connectivity index (χ3n) is 2.75. The van der Waals surface area contributed by atoms with Gasteiger partial charge in [-0.25, -0.2) is 0 Å². The summed E-state index contributed by atoms with van der Waals surface area (Å²) in [6.45, 7) is 5.31. The molecule has 14 heavy (non-hydrogen) atoms. The third kappa shape index (κ3) is 1.50. The third-order valence-corrected chi connectivity index (χ3v) is 2.75. The first-order valence-corrected chi connectivity index (χ1v) is 4.89. The summed E-state index contributed by atoms with van der Waals surface area (Å²) in [6.07, 6.45) is 0.244. The van der Waals surface area contributed by atoms with Crippen LogP contribution >= 0.6 is 0 Å². The molecule has 2 heteroatoms. The molecule has 1 aromatic carbocycles. The van der Waals surface area contributed by atoms with Crippen molar-refractivity contribution in [1.82, 2.24) is 0 Å². The van der Waals surface area contributed by atoms with E-state index >= 15 is 0 Å². The Hall–Kier alpha value is -1.02. The van der Waals surface area contributed by atoms with Crippen molar-refractivity contribution in [1.29, 1.82) is 0 Å². The van der Waals surface area contributed by atoms with E-state index < -0.39 is 0 Å². The van der Waals surface area contributed by atoms with Gasteiger partial charge in [0.15, 0.2) is 0 Å². The van der Waals surface area contributed by atoms with Crippen molar-refractivity contribution in [2.24, 2.45) is 5.41 Å². The molecule has 1 saturated heterocycles. The summed E-state index contributed by atoms with van der Waals surface area (Å²) in [6, 6.07) is 8.11. The van der Waals surface area contributed by atoms with Gasteiger partial charge in [-0.15, -0.1) is 0 Å². The van der Waals surface area contributed by atoms with E-state index in [2.05, 4.69) is 26.0 Å². The van der Waals surface area contributed by atoms with E-state index in [4.69, 9.17) is 9.47 Å². The zero-order valence-corrected chi connectivity index (χ0v) is 8.91. The van der Waals surface area contributed by atoms with Gasteiger partial charge >= 0.3 is 0 Å². The molecule has 1 fully saturated rings.